The Morgan fingerprint density at radius 3 is 2.16 bits per heavy atom. The summed E-state index contributed by atoms with van der Waals surface area (Å²) in [4.78, 5) is 37.2. The monoisotopic (exact) mass is 335 g/mol. The molecule has 0 aliphatic carbocycles. The SMILES string of the molecule is O=C(CCN1C(=O)c2ccccc2C1=O)OC/C=C\c1ccccc1. The fourth-order valence-electron chi connectivity index (χ4n) is 2.61. The van der Waals surface area contributed by atoms with E-state index in [1.54, 1.807) is 30.3 Å². The van der Waals surface area contributed by atoms with Gasteiger partial charge in [-0.2, -0.15) is 0 Å². The van der Waals surface area contributed by atoms with Crippen molar-refractivity contribution in [1.29, 1.82) is 0 Å². The summed E-state index contributed by atoms with van der Waals surface area (Å²) in [6.07, 6.45) is 3.58. The molecular weight excluding hydrogens is 318 g/mol. The molecule has 25 heavy (non-hydrogen) atoms. The lowest BCUT2D eigenvalue weighted by atomic mass is 10.1. The Hall–Kier alpha value is -3.21. The van der Waals surface area contributed by atoms with Gasteiger partial charge in [-0.25, -0.2) is 0 Å². The molecule has 0 aromatic heterocycles. The van der Waals surface area contributed by atoms with Crippen molar-refractivity contribution in [2.45, 2.75) is 6.42 Å². The molecule has 0 saturated carbocycles. The van der Waals surface area contributed by atoms with Gasteiger partial charge in [-0.3, -0.25) is 19.3 Å². The van der Waals surface area contributed by atoms with Gasteiger partial charge < -0.3 is 4.74 Å². The molecule has 126 valence electrons. The molecule has 0 radical (unpaired) electrons. The molecule has 0 bridgehead atoms. The van der Waals surface area contributed by atoms with Crippen LogP contribution in [0.25, 0.3) is 6.08 Å². The minimum Gasteiger partial charge on any atom is -0.461 e. The van der Waals surface area contributed by atoms with E-state index in [0.29, 0.717) is 11.1 Å². The molecule has 2 amide bonds. The normalized spacial score (nSPS) is 13.4. The van der Waals surface area contributed by atoms with E-state index in [2.05, 4.69) is 0 Å². The van der Waals surface area contributed by atoms with Gasteiger partial charge in [-0.05, 0) is 23.8 Å². The van der Waals surface area contributed by atoms with Crippen LogP contribution in [-0.2, 0) is 9.53 Å². The molecular formula is C20H17NO4. The van der Waals surface area contributed by atoms with Gasteiger partial charge in [0.25, 0.3) is 11.8 Å². The maximum Gasteiger partial charge on any atom is 0.307 e. The van der Waals surface area contributed by atoms with Crippen LogP contribution in [0.4, 0.5) is 0 Å². The van der Waals surface area contributed by atoms with E-state index in [9.17, 15) is 14.4 Å². The van der Waals surface area contributed by atoms with E-state index in [4.69, 9.17) is 4.74 Å². The Balaban J connectivity index is 1.46. The zero-order valence-corrected chi connectivity index (χ0v) is 13.6. The Labute approximate surface area is 145 Å². The highest BCUT2D eigenvalue weighted by molar-refractivity contribution is 6.21. The van der Waals surface area contributed by atoms with Gasteiger partial charge in [0.1, 0.15) is 6.61 Å². The Bertz CT molecular complexity index is 792. The highest BCUT2D eigenvalue weighted by Gasteiger charge is 2.34. The third kappa shape index (κ3) is 3.83. The number of nitrogens with zero attached hydrogens (tertiary/aromatic N) is 1. The zero-order valence-electron chi connectivity index (χ0n) is 13.6. The van der Waals surface area contributed by atoms with Crippen molar-refractivity contribution in [3.05, 3.63) is 77.4 Å². The van der Waals surface area contributed by atoms with E-state index in [1.165, 1.54) is 0 Å². The second-order valence-electron chi connectivity index (χ2n) is 5.55. The predicted octanol–water partition coefficient (Wildman–Crippen LogP) is 2.93. The molecule has 5 heteroatoms. The average molecular weight is 335 g/mol. The van der Waals surface area contributed by atoms with Crippen LogP contribution in [0.15, 0.2) is 60.7 Å². The molecule has 1 heterocycles. The third-order valence-electron chi connectivity index (χ3n) is 3.87. The van der Waals surface area contributed by atoms with Crippen LogP contribution in [0.2, 0.25) is 0 Å². The maximum absolute atomic E-state index is 12.2. The number of imide groups is 1. The van der Waals surface area contributed by atoms with E-state index < -0.39 is 5.97 Å². The second kappa shape index (κ2) is 7.57. The molecule has 0 spiro atoms. The Morgan fingerprint density at radius 1 is 0.920 bits per heavy atom. The minimum absolute atomic E-state index is 0.0214. The van der Waals surface area contributed by atoms with Gasteiger partial charge in [0.2, 0.25) is 0 Å². The smallest absolute Gasteiger partial charge is 0.307 e. The lowest BCUT2D eigenvalue weighted by Gasteiger charge is -2.12. The summed E-state index contributed by atoms with van der Waals surface area (Å²) < 4.78 is 5.10. The number of ether oxygens (including phenoxy) is 1. The highest BCUT2D eigenvalue weighted by Crippen LogP contribution is 2.22. The fourth-order valence-corrected chi connectivity index (χ4v) is 2.61. The molecule has 0 unspecified atom stereocenters. The van der Waals surface area contributed by atoms with Crippen molar-refractivity contribution in [3.8, 4) is 0 Å². The van der Waals surface area contributed by atoms with E-state index >= 15 is 0 Å². The van der Waals surface area contributed by atoms with Crippen LogP contribution in [-0.4, -0.2) is 35.8 Å². The first-order chi connectivity index (χ1) is 12.2. The number of carbonyl (C=O) groups excluding carboxylic acids is 3. The van der Waals surface area contributed by atoms with Crippen molar-refractivity contribution in [2.24, 2.45) is 0 Å². The first-order valence-electron chi connectivity index (χ1n) is 7.99. The third-order valence-corrected chi connectivity index (χ3v) is 3.87. The highest BCUT2D eigenvalue weighted by atomic mass is 16.5. The summed E-state index contributed by atoms with van der Waals surface area (Å²) >= 11 is 0. The van der Waals surface area contributed by atoms with Gasteiger partial charge in [0.15, 0.2) is 0 Å². The summed E-state index contributed by atoms with van der Waals surface area (Å²) in [5.41, 5.74) is 1.78. The number of hydrogen-bond acceptors (Lipinski definition) is 4. The molecule has 0 saturated heterocycles. The zero-order chi connectivity index (χ0) is 17.6. The number of carbonyl (C=O) groups is 3. The number of fused-ring (bicyclic) bond motifs is 1. The second-order valence-corrected chi connectivity index (χ2v) is 5.55. The quantitative estimate of drug-likeness (QED) is 0.601. The van der Waals surface area contributed by atoms with Gasteiger partial charge in [-0.15, -0.1) is 0 Å². The van der Waals surface area contributed by atoms with Crippen LogP contribution >= 0.6 is 0 Å². The summed E-state index contributed by atoms with van der Waals surface area (Å²) in [6, 6.07) is 16.3. The molecule has 5 nitrogen and oxygen atoms in total. The number of hydrogen-bond donors (Lipinski definition) is 0. The van der Waals surface area contributed by atoms with Gasteiger partial charge in [0, 0.05) is 6.54 Å². The summed E-state index contributed by atoms with van der Waals surface area (Å²) in [5.74, 6) is -1.18. The van der Waals surface area contributed by atoms with Crippen molar-refractivity contribution in [2.75, 3.05) is 13.2 Å². The number of amides is 2. The van der Waals surface area contributed by atoms with Crippen LogP contribution in [0.3, 0.4) is 0 Å². The number of esters is 1. The molecule has 0 N–H and O–H groups in total. The number of benzene rings is 2. The molecule has 0 fully saturated rings. The van der Waals surface area contributed by atoms with E-state index in [-0.39, 0.29) is 31.4 Å². The average Bonchev–Trinajstić information content (AvgIpc) is 2.89. The Kier molecular flexibility index (Phi) is 5.04. The maximum atomic E-state index is 12.2. The minimum atomic E-state index is -0.450. The first-order valence-corrected chi connectivity index (χ1v) is 7.99. The van der Waals surface area contributed by atoms with Crippen molar-refractivity contribution >= 4 is 23.9 Å². The van der Waals surface area contributed by atoms with Crippen molar-refractivity contribution in [3.63, 3.8) is 0 Å². The van der Waals surface area contributed by atoms with E-state index in [1.807, 2.05) is 36.4 Å². The standard InChI is InChI=1S/C20H17NO4/c22-18(25-14-6-9-15-7-2-1-3-8-15)12-13-21-19(23)16-10-4-5-11-17(16)20(21)24/h1-11H,12-14H2/b9-6-. The molecule has 0 atom stereocenters. The van der Waals surface area contributed by atoms with Crippen LogP contribution in [0.1, 0.15) is 32.7 Å². The van der Waals surface area contributed by atoms with Gasteiger partial charge in [-0.1, -0.05) is 48.5 Å². The van der Waals surface area contributed by atoms with Crippen LogP contribution in [0.5, 0.6) is 0 Å². The van der Waals surface area contributed by atoms with E-state index in [0.717, 1.165) is 10.5 Å². The predicted molar refractivity (Wildman–Crippen MR) is 92.9 cm³/mol. The summed E-state index contributed by atoms with van der Waals surface area (Å²) in [6.45, 7) is 0.170. The number of rotatable bonds is 6. The molecule has 2 aromatic carbocycles. The van der Waals surface area contributed by atoms with Gasteiger partial charge in [0.05, 0.1) is 17.5 Å². The topological polar surface area (TPSA) is 63.7 Å². The fraction of sp³-hybridized carbons (Fsp3) is 0.150. The van der Waals surface area contributed by atoms with Crippen LogP contribution < -0.4 is 0 Å². The summed E-state index contributed by atoms with van der Waals surface area (Å²) in [7, 11) is 0. The first kappa shape index (κ1) is 16.6. The molecule has 3 rings (SSSR count). The molecule has 1 aliphatic heterocycles. The molecule has 1 aliphatic rings. The van der Waals surface area contributed by atoms with Gasteiger partial charge >= 0.3 is 5.97 Å². The Morgan fingerprint density at radius 2 is 1.52 bits per heavy atom. The van der Waals surface area contributed by atoms with Crippen molar-refractivity contribution < 1.29 is 19.1 Å². The van der Waals surface area contributed by atoms with Crippen molar-refractivity contribution in [1.82, 2.24) is 4.90 Å². The largest absolute Gasteiger partial charge is 0.461 e. The lowest BCUT2D eigenvalue weighted by molar-refractivity contribution is -0.142. The molecule has 2 aromatic rings. The summed E-state index contributed by atoms with van der Waals surface area (Å²) in [5, 5.41) is 0. The van der Waals surface area contributed by atoms with Crippen LogP contribution in [0, 0.1) is 0 Å². The lowest BCUT2D eigenvalue weighted by Crippen LogP contribution is -2.32.